The molecular formula is C11H19N2O17P3S. The summed E-state index contributed by atoms with van der Waals surface area (Å²) in [6.45, 7) is -1.14. The minimum Gasteiger partial charge on any atom is -0.387 e. The van der Waals surface area contributed by atoms with Crippen LogP contribution in [0.5, 0.6) is 0 Å². The summed E-state index contributed by atoms with van der Waals surface area (Å²) in [4.78, 5) is 61.2. The highest BCUT2D eigenvalue weighted by Crippen LogP contribution is 2.66. The molecule has 0 aliphatic carbocycles. The Kier molecular flexibility index (Phi) is 8.68. The molecule has 23 heteroatoms. The topological polar surface area (TPSA) is 299 Å². The van der Waals surface area contributed by atoms with Crippen LogP contribution in [0.15, 0.2) is 15.8 Å². The van der Waals surface area contributed by atoms with Crippen LogP contribution in [0.1, 0.15) is 11.7 Å². The summed E-state index contributed by atoms with van der Waals surface area (Å²) in [5, 5.41) is 20.3. The number of aliphatic hydroxyl groups is 2. The number of phosphoric acid groups is 3. The van der Waals surface area contributed by atoms with Gasteiger partial charge in [0, 0.05) is 12.5 Å². The SMILES string of the molecule is CS(=O)(=O)Cn1cc([C@@H]2O[C@H](COP(=O)(O)OP(=O)(O)OP(=O)(O)O)[C@@H](O)[C@H]2O)c(=O)[nH]c1=O. The fourth-order valence-electron chi connectivity index (χ4n) is 2.69. The maximum absolute atomic E-state index is 12.1. The van der Waals surface area contributed by atoms with Crippen molar-refractivity contribution < 1.29 is 69.8 Å². The van der Waals surface area contributed by atoms with E-state index in [0.717, 1.165) is 12.5 Å². The van der Waals surface area contributed by atoms with Crippen molar-refractivity contribution in [3.05, 3.63) is 32.6 Å². The number of hydrogen-bond acceptors (Lipinski definition) is 13. The largest absolute Gasteiger partial charge is 0.490 e. The number of nitrogens with zero attached hydrogens (tertiary/aromatic N) is 1. The van der Waals surface area contributed by atoms with Gasteiger partial charge < -0.3 is 34.5 Å². The predicted molar refractivity (Wildman–Crippen MR) is 106 cm³/mol. The molecule has 1 fully saturated rings. The first kappa shape index (κ1) is 29.2. The molecule has 0 amide bonds. The van der Waals surface area contributed by atoms with E-state index in [1.165, 1.54) is 0 Å². The van der Waals surface area contributed by atoms with E-state index in [4.69, 9.17) is 19.4 Å². The monoisotopic (exact) mass is 576 g/mol. The van der Waals surface area contributed by atoms with Crippen molar-refractivity contribution in [1.29, 1.82) is 0 Å². The Morgan fingerprint density at radius 3 is 2.18 bits per heavy atom. The Morgan fingerprint density at radius 2 is 1.65 bits per heavy atom. The number of rotatable bonds is 10. The number of aromatic nitrogens is 2. The molecule has 0 radical (unpaired) electrons. The summed E-state index contributed by atoms with van der Waals surface area (Å²) in [6, 6.07) is 0. The Hall–Kier alpha value is -1.08. The lowest BCUT2D eigenvalue weighted by Crippen LogP contribution is -2.36. The van der Waals surface area contributed by atoms with Crippen molar-refractivity contribution in [2.75, 3.05) is 12.9 Å². The molecule has 7 N–H and O–H groups in total. The van der Waals surface area contributed by atoms with Crippen LogP contribution in [0.2, 0.25) is 0 Å². The molecule has 19 nitrogen and oxygen atoms in total. The molecule has 1 aliphatic heterocycles. The zero-order chi connectivity index (χ0) is 26.3. The molecule has 2 unspecified atom stereocenters. The minimum atomic E-state index is -5.80. The Balaban J connectivity index is 2.18. The summed E-state index contributed by atoms with van der Waals surface area (Å²) < 4.78 is 73.7. The van der Waals surface area contributed by atoms with Crippen molar-refractivity contribution in [3.8, 4) is 0 Å². The van der Waals surface area contributed by atoms with Gasteiger partial charge in [0.05, 0.1) is 12.2 Å². The number of sulfone groups is 1. The quantitative estimate of drug-likeness (QED) is 0.137. The molecule has 0 aromatic carbocycles. The van der Waals surface area contributed by atoms with Crippen LogP contribution >= 0.6 is 23.5 Å². The van der Waals surface area contributed by atoms with Gasteiger partial charge in [-0.15, -0.1) is 0 Å². The highest BCUT2D eigenvalue weighted by Gasteiger charge is 2.47. The third-order valence-electron chi connectivity index (χ3n) is 3.90. The lowest BCUT2D eigenvalue weighted by molar-refractivity contribution is -0.0228. The van der Waals surface area contributed by atoms with E-state index in [0.29, 0.717) is 4.57 Å². The van der Waals surface area contributed by atoms with Crippen LogP contribution < -0.4 is 11.2 Å². The van der Waals surface area contributed by atoms with E-state index in [1.54, 1.807) is 4.98 Å². The fourth-order valence-corrected chi connectivity index (χ4v) is 6.42. The first-order chi connectivity index (χ1) is 15.2. The maximum Gasteiger partial charge on any atom is 0.490 e. The summed E-state index contributed by atoms with van der Waals surface area (Å²) in [5.41, 5.74) is -2.72. The highest BCUT2D eigenvalue weighted by atomic mass is 32.2. The Labute approximate surface area is 188 Å². The first-order valence-electron chi connectivity index (χ1n) is 8.51. The summed E-state index contributed by atoms with van der Waals surface area (Å²) in [6.07, 6.45) is -5.65. The van der Waals surface area contributed by atoms with E-state index in [-0.39, 0.29) is 0 Å². The second-order valence-corrected chi connectivity index (χ2v) is 13.4. The molecule has 1 aliphatic rings. The van der Waals surface area contributed by atoms with Gasteiger partial charge in [-0.2, -0.15) is 8.62 Å². The Bertz CT molecular complexity index is 1280. The van der Waals surface area contributed by atoms with Gasteiger partial charge in [0.15, 0.2) is 9.84 Å². The summed E-state index contributed by atoms with van der Waals surface area (Å²) >= 11 is 0. The van der Waals surface area contributed by atoms with E-state index < -0.39 is 87.0 Å². The second-order valence-electron chi connectivity index (χ2n) is 6.83. The molecule has 2 rings (SSSR count). The number of H-pyrrole nitrogens is 1. The molecule has 1 aromatic heterocycles. The van der Waals surface area contributed by atoms with Gasteiger partial charge in [-0.05, 0) is 0 Å². The van der Waals surface area contributed by atoms with Gasteiger partial charge in [-0.1, -0.05) is 0 Å². The van der Waals surface area contributed by atoms with E-state index in [1.807, 2.05) is 0 Å². The van der Waals surface area contributed by atoms with Crippen LogP contribution in [-0.4, -0.2) is 78.9 Å². The number of nitrogens with one attached hydrogen (secondary N) is 1. The minimum absolute atomic E-state index is 0.504. The second kappa shape index (κ2) is 10.1. The molecule has 0 bridgehead atoms. The van der Waals surface area contributed by atoms with E-state index in [9.17, 15) is 46.8 Å². The van der Waals surface area contributed by atoms with Gasteiger partial charge in [0.25, 0.3) is 5.56 Å². The molecule has 0 saturated carbocycles. The van der Waals surface area contributed by atoms with Crippen LogP contribution in [0.3, 0.4) is 0 Å². The standard InChI is InChI=1S/C11H19N2O17P3S/c1-34(25,26)4-13-2-5(10(16)12-11(13)17)9-8(15)7(14)6(28-9)3-27-32(21,22)30-33(23,24)29-31(18,19)20/h2,6-9,14-15H,3-4H2,1H3,(H,21,22)(H,23,24)(H,12,16,17)(H2,18,19,20)/t6-,7-,8-,9+/m1/s1. The first-order valence-corrected chi connectivity index (χ1v) is 15.1. The number of ether oxygens (including phenoxy) is 1. The van der Waals surface area contributed by atoms with Gasteiger partial charge in [0.1, 0.15) is 30.3 Å². The molecule has 34 heavy (non-hydrogen) atoms. The zero-order valence-electron chi connectivity index (χ0n) is 16.7. The average molecular weight is 576 g/mol. The van der Waals surface area contributed by atoms with Crippen LogP contribution in [0, 0.1) is 0 Å². The third-order valence-corrected chi connectivity index (χ3v) is 8.45. The van der Waals surface area contributed by atoms with Gasteiger partial charge >= 0.3 is 29.2 Å². The molecular weight excluding hydrogens is 557 g/mol. The van der Waals surface area contributed by atoms with Crippen LogP contribution in [-0.2, 0) is 47.3 Å². The zero-order valence-corrected chi connectivity index (χ0v) is 20.2. The lowest BCUT2D eigenvalue weighted by atomic mass is 10.0. The predicted octanol–water partition coefficient (Wildman–Crippen LogP) is -2.96. The molecule has 0 spiro atoms. The number of phosphoric ester groups is 1. The van der Waals surface area contributed by atoms with Gasteiger partial charge in [-0.25, -0.2) is 26.9 Å². The van der Waals surface area contributed by atoms with Crippen LogP contribution in [0.25, 0.3) is 0 Å². The van der Waals surface area contributed by atoms with Crippen molar-refractivity contribution in [2.45, 2.75) is 30.3 Å². The number of aliphatic hydroxyl groups excluding tert-OH is 2. The average Bonchev–Trinajstić information content (AvgIpc) is 2.86. The van der Waals surface area contributed by atoms with Crippen molar-refractivity contribution in [3.63, 3.8) is 0 Å². The molecule has 1 saturated heterocycles. The summed E-state index contributed by atoms with van der Waals surface area (Å²) in [5.74, 6) is -0.851. The van der Waals surface area contributed by atoms with Crippen molar-refractivity contribution in [2.24, 2.45) is 0 Å². The molecule has 196 valence electrons. The van der Waals surface area contributed by atoms with Crippen molar-refractivity contribution >= 4 is 33.3 Å². The van der Waals surface area contributed by atoms with E-state index in [2.05, 4.69) is 13.1 Å². The molecule has 1 aromatic rings. The van der Waals surface area contributed by atoms with Gasteiger partial charge in [-0.3, -0.25) is 18.9 Å². The summed E-state index contributed by atoms with van der Waals surface area (Å²) in [7, 11) is -20.7. The number of aromatic amines is 1. The maximum atomic E-state index is 12.1. The Morgan fingerprint density at radius 1 is 1.06 bits per heavy atom. The normalized spacial score (nSPS) is 27.3. The lowest BCUT2D eigenvalue weighted by Gasteiger charge is -2.19. The smallest absolute Gasteiger partial charge is 0.387 e. The van der Waals surface area contributed by atoms with Crippen LogP contribution in [0.4, 0.5) is 0 Å². The fraction of sp³-hybridized carbons (Fsp3) is 0.636. The number of hydrogen-bond donors (Lipinski definition) is 7. The molecule has 6 atom stereocenters. The van der Waals surface area contributed by atoms with Gasteiger partial charge in [0.2, 0.25) is 0 Å². The highest BCUT2D eigenvalue weighted by molar-refractivity contribution is 7.89. The third kappa shape index (κ3) is 8.25. The molecule has 2 heterocycles. The van der Waals surface area contributed by atoms with E-state index >= 15 is 0 Å². The van der Waals surface area contributed by atoms with Crippen molar-refractivity contribution in [1.82, 2.24) is 9.55 Å².